The fraction of sp³-hybridized carbons (Fsp3) is 1.00. The quantitative estimate of drug-likeness (QED) is 0.565. The fourth-order valence-electron chi connectivity index (χ4n) is 1.05. The van der Waals surface area contributed by atoms with Crippen LogP contribution in [0.1, 0.15) is 13.8 Å². The summed E-state index contributed by atoms with van der Waals surface area (Å²) in [5.41, 5.74) is 0. The number of aliphatic hydroxyl groups is 1. The summed E-state index contributed by atoms with van der Waals surface area (Å²) in [6.45, 7) is 4.93. The highest BCUT2D eigenvalue weighted by atomic mass is 16.7. The molecular weight excluding hydrogens is 170 g/mol. The van der Waals surface area contributed by atoms with E-state index in [1.54, 1.807) is 14.2 Å². The second-order valence-corrected chi connectivity index (χ2v) is 3.32. The second kappa shape index (κ2) is 7.26. The monoisotopic (exact) mass is 191 g/mol. The molecule has 0 spiro atoms. The van der Waals surface area contributed by atoms with Gasteiger partial charge < -0.3 is 19.9 Å². The Morgan fingerprint density at radius 3 is 2.15 bits per heavy atom. The molecule has 0 heterocycles. The Morgan fingerprint density at radius 2 is 1.77 bits per heavy atom. The number of aliphatic hydroxyl groups excluding tert-OH is 1. The maximum Gasteiger partial charge on any atom is 0.171 e. The van der Waals surface area contributed by atoms with Crippen molar-refractivity contribution in [1.29, 1.82) is 0 Å². The molecule has 0 bridgehead atoms. The molecule has 0 radical (unpaired) electrons. The van der Waals surface area contributed by atoms with E-state index in [9.17, 15) is 0 Å². The van der Waals surface area contributed by atoms with Crippen LogP contribution in [0.15, 0.2) is 0 Å². The lowest BCUT2D eigenvalue weighted by Gasteiger charge is -2.23. The highest BCUT2D eigenvalue weighted by Crippen LogP contribution is 1.99. The van der Waals surface area contributed by atoms with Gasteiger partial charge in [-0.3, -0.25) is 0 Å². The van der Waals surface area contributed by atoms with Crippen molar-refractivity contribution < 1.29 is 14.6 Å². The molecule has 4 heteroatoms. The van der Waals surface area contributed by atoms with Gasteiger partial charge in [-0.25, -0.2) is 0 Å². The summed E-state index contributed by atoms with van der Waals surface area (Å²) >= 11 is 0. The van der Waals surface area contributed by atoms with Crippen LogP contribution in [-0.4, -0.2) is 44.8 Å². The lowest BCUT2D eigenvalue weighted by molar-refractivity contribution is -0.119. The summed E-state index contributed by atoms with van der Waals surface area (Å²) in [6, 6.07) is 0.129. The summed E-state index contributed by atoms with van der Waals surface area (Å²) in [5, 5.41) is 12.0. The Labute approximate surface area is 80.2 Å². The van der Waals surface area contributed by atoms with Crippen LogP contribution < -0.4 is 5.32 Å². The van der Waals surface area contributed by atoms with Gasteiger partial charge in [-0.15, -0.1) is 0 Å². The third-order valence-electron chi connectivity index (χ3n) is 1.97. The van der Waals surface area contributed by atoms with Gasteiger partial charge in [0.25, 0.3) is 0 Å². The molecule has 0 aromatic rings. The fourth-order valence-corrected chi connectivity index (χ4v) is 1.05. The van der Waals surface area contributed by atoms with Crippen LogP contribution in [0.25, 0.3) is 0 Å². The summed E-state index contributed by atoms with van der Waals surface area (Å²) < 4.78 is 10.2. The Hall–Kier alpha value is -0.160. The average Bonchev–Trinajstić information content (AvgIpc) is 2.16. The molecule has 80 valence electrons. The first-order chi connectivity index (χ1) is 6.15. The van der Waals surface area contributed by atoms with Crippen molar-refractivity contribution >= 4 is 0 Å². The van der Waals surface area contributed by atoms with Gasteiger partial charge in [0.2, 0.25) is 0 Å². The molecule has 0 saturated heterocycles. The van der Waals surface area contributed by atoms with Crippen molar-refractivity contribution in [1.82, 2.24) is 5.32 Å². The summed E-state index contributed by atoms with van der Waals surface area (Å²) in [6.07, 6.45) is -0.231. The smallest absolute Gasteiger partial charge is 0.171 e. The molecule has 0 saturated carbocycles. The van der Waals surface area contributed by atoms with Crippen LogP contribution in [0, 0.1) is 5.92 Å². The number of hydrogen-bond acceptors (Lipinski definition) is 4. The van der Waals surface area contributed by atoms with E-state index < -0.39 is 0 Å². The molecular formula is C9H21NO3. The zero-order valence-corrected chi connectivity index (χ0v) is 8.91. The third-order valence-corrected chi connectivity index (χ3v) is 1.97. The van der Waals surface area contributed by atoms with Gasteiger partial charge in [0.1, 0.15) is 0 Å². The zero-order chi connectivity index (χ0) is 10.3. The largest absolute Gasteiger partial charge is 0.396 e. The van der Waals surface area contributed by atoms with Crippen molar-refractivity contribution in [3.63, 3.8) is 0 Å². The molecule has 0 aliphatic rings. The van der Waals surface area contributed by atoms with Crippen LogP contribution in [0.4, 0.5) is 0 Å². The second-order valence-electron chi connectivity index (χ2n) is 3.32. The van der Waals surface area contributed by atoms with E-state index in [0.717, 1.165) is 6.54 Å². The molecule has 0 aromatic carbocycles. The molecule has 0 aromatic heterocycles. The van der Waals surface area contributed by atoms with E-state index in [-0.39, 0.29) is 24.9 Å². The van der Waals surface area contributed by atoms with Crippen molar-refractivity contribution in [2.24, 2.45) is 5.92 Å². The van der Waals surface area contributed by atoms with Crippen LogP contribution in [0.2, 0.25) is 0 Å². The van der Waals surface area contributed by atoms with E-state index in [1.807, 2.05) is 13.8 Å². The predicted molar refractivity (Wildman–Crippen MR) is 51.5 cm³/mol. The van der Waals surface area contributed by atoms with E-state index in [0.29, 0.717) is 0 Å². The van der Waals surface area contributed by atoms with E-state index >= 15 is 0 Å². The standard InChI is InChI=1S/C9H21NO3/c1-7(6-11)5-10-8(2)9(12-3)13-4/h7-11H,5-6H2,1-4H3. The van der Waals surface area contributed by atoms with Gasteiger partial charge in [0.05, 0.1) is 6.04 Å². The molecule has 2 unspecified atom stereocenters. The van der Waals surface area contributed by atoms with Gasteiger partial charge in [-0.2, -0.15) is 0 Å². The van der Waals surface area contributed by atoms with Gasteiger partial charge in [0.15, 0.2) is 6.29 Å². The summed E-state index contributed by atoms with van der Waals surface area (Å²) in [5.74, 6) is 0.261. The Kier molecular flexibility index (Phi) is 7.17. The van der Waals surface area contributed by atoms with Gasteiger partial charge in [-0.1, -0.05) is 6.92 Å². The minimum absolute atomic E-state index is 0.129. The molecule has 13 heavy (non-hydrogen) atoms. The van der Waals surface area contributed by atoms with Gasteiger partial charge in [0, 0.05) is 27.4 Å². The van der Waals surface area contributed by atoms with Gasteiger partial charge >= 0.3 is 0 Å². The SMILES string of the molecule is COC(OC)C(C)NCC(C)CO. The summed E-state index contributed by atoms with van der Waals surface area (Å²) in [4.78, 5) is 0. The highest BCUT2D eigenvalue weighted by molar-refractivity contribution is 4.66. The maximum absolute atomic E-state index is 8.80. The number of hydrogen-bond donors (Lipinski definition) is 2. The van der Waals surface area contributed by atoms with Crippen molar-refractivity contribution in [2.45, 2.75) is 26.2 Å². The van der Waals surface area contributed by atoms with E-state index in [4.69, 9.17) is 14.6 Å². The lowest BCUT2D eigenvalue weighted by Crippen LogP contribution is -2.41. The van der Waals surface area contributed by atoms with Crippen LogP contribution in [0.3, 0.4) is 0 Å². The first-order valence-corrected chi connectivity index (χ1v) is 4.55. The van der Waals surface area contributed by atoms with Gasteiger partial charge in [-0.05, 0) is 12.8 Å². The van der Waals surface area contributed by atoms with Crippen LogP contribution in [-0.2, 0) is 9.47 Å². The minimum atomic E-state index is -0.231. The number of nitrogens with one attached hydrogen (secondary N) is 1. The summed E-state index contributed by atoms with van der Waals surface area (Å²) in [7, 11) is 3.23. The molecule has 4 nitrogen and oxygen atoms in total. The first-order valence-electron chi connectivity index (χ1n) is 4.55. The van der Waals surface area contributed by atoms with E-state index in [1.165, 1.54) is 0 Å². The first kappa shape index (κ1) is 12.8. The molecule has 0 aliphatic heterocycles. The molecule has 0 rings (SSSR count). The van der Waals surface area contributed by atoms with Crippen LogP contribution in [0.5, 0.6) is 0 Å². The number of ether oxygens (including phenoxy) is 2. The molecule has 0 fully saturated rings. The Morgan fingerprint density at radius 1 is 1.23 bits per heavy atom. The van der Waals surface area contributed by atoms with E-state index in [2.05, 4.69) is 5.32 Å². The van der Waals surface area contributed by atoms with Crippen molar-refractivity contribution in [2.75, 3.05) is 27.4 Å². The number of methoxy groups -OCH3 is 2. The topological polar surface area (TPSA) is 50.7 Å². The van der Waals surface area contributed by atoms with Crippen LogP contribution >= 0.6 is 0 Å². The molecule has 0 amide bonds. The lowest BCUT2D eigenvalue weighted by atomic mass is 10.2. The zero-order valence-electron chi connectivity index (χ0n) is 8.91. The maximum atomic E-state index is 8.80. The molecule has 2 atom stereocenters. The van der Waals surface area contributed by atoms with Crippen molar-refractivity contribution in [3.05, 3.63) is 0 Å². The van der Waals surface area contributed by atoms with Crippen molar-refractivity contribution in [3.8, 4) is 0 Å². The normalized spacial score (nSPS) is 16.2. The minimum Gasteiger partial charge on any atom is -0.396 e. The number of rotatable bonds is 7. The Bertz CT molecular complexity index is 117. The average molecular weight is 191 g/mol. The highest BCUT2D eigenvalue weighted by Gasteiger charge is 2.15. The third kappa shape index (κ3) is 5.21. The molecule has 2 N–H and O–H groups in total. The predicted octanol–water partition coefficient (Wildman–Crippen LogP) is 0.212. The Balaban J connectivity index is 3.65. The molecule has 0 aliphatic carbocycles.